The van der Waals surface area contributed by atoms with E-state index in [0.29, 0.717) is 10.7 Å². The summed E-state index contributed by atoms with van der Waals surface area (Å²) < 4.78 is 0.904. The fourth-order valence-electron chi connectivity index (χ4n) is 1.03. The highest BCUT2D eigenvalue weighted by atomic mass is 79.9. The van der Waals surface area contributed by atoms with E-state index in [4.69, 9.17) is 0 Å². The Labute approximate surface area is 99.3 Å². The first-order valence-electron chi connectivity index (χ1n) is 4.18. The highest BCUT2D eigenvalue weighted by Gasteiger charge is 1.98. The SMILES string of the molecule is Oc1ccc(Br)cc1/C=N/c1nccs1. The second-order valence-electron chi connectivity index (χ2n) is 2.78. The number of aliphatic imine (C=N–C) groups is 1. The monoisotopic (exact) mass is 282 g/mol. The van der Waals surface area contributed by atoms with E-state index in [1.165, 1.54) is 11.3 Å². The Hall–Kier alpha value is -1.20. The summed E-state index contributed by atoms with van der Waals surface area (Å²) in [5, 5.41) is 12.1. The number of nitrogens with zero attached hydrogens (tertiary/aromatic N) is 2. The summed E-state index contributed by atoms with van der Waals surface area (Å²) in [6, 6.07) is 5.19. The third-order valence-corrected chi connectivity index (χ3v) is 2.90. The number of phenols is 1. The number of aromatic hydroxyl groups is 1. The molecule has 2 rings (SSSR count). The predicted molar refractivity (Wildman–Crippen MR) is 65.2 cm³/mol. The number of rotatable bonds is 2. The van der Waals surface area contributed by atoms with Gasteiger partial charge in [-0.05, 0) is 18.2 Å². The zero-order valence-electron chi connectivity index (χ0n) is 7.59. The van der Waals surface area contributed by atoms with Gasteiger partial charge < -0.3 is 5.11 Å². The fraction of sp³-hybridized carbons (Fsp3) is 0. The first-order valence-corrected chi connectivity index (χ1v) is 5.85. The number of benzene rings is 1. The van der Waals surface area contributed by atoms with Gasteiger partial charge in [-0.3, -0.25) is 0 Å². The summed E-state index contributed by atoms with van der Waals surface area (Å²) in [5.41, 5.74) is 0.666. The van der Waals surface area contributed by atoms with Gasteiger partial charge in [-0.25, -0.2) is 9.98 Å². The molecule has 15 heavy (non-hydrogen) atoms. The number of thiazole rings is 1. The molecule has 0 radical (unpaired) electrons. The smallest absolute Gasteiger partial charge is 0.209 e. The van der Waals surface area contributed by atoms with Gasteiger partial charge in [-0.15, -0.1) is 11.3 Å². The van der Waals surface area contributed by atoms with E-state index in [0.717, 1.165) is 4.47 Å². The van der Waals surface area contributed by atoms with Gasteiger partial charge in [0.2, 0.25) is 5.13 Å². The van der Waals surface area contributed by atoms with E-state index < -0.39 is 0 Å². The molecule has 5 heteroatoms. The maximum atomic E-state index is 9.53. The summed E-state index contributed by atoms with van der Waals surface area (Å²) in [4.78, 5) is 8.15. The molecule has 0 bridgehead atoms. The lowest BCUT2D eigenvalue weighted by molar-refractivity contribution is 0.474. The van der Waals surface area contributed by atoms with E-state index in [1.807, 2.05) is 5.38 Å². The molecule has 1 aromatic heterocycles. The lowest BCUT2D eigenvalue weighted by Gasteiger charge is -1.97. The Morgan fingerprint density at radius 2 is 2.33 bits per heavy atom. The quantitative estimate of drug-likeness (QED) is 0.859. The molecule has 0 saturated heterocycles. The molecule has 0 unspecified atom stereocenters. The largest absolute Gasteiger partial charge is 0.507 e. The summed E-state index contributed by atoms with van der Waals surface area (Å²) in [5.74, 6) is 0.207. The molecule has 2 aromatic rings. The minimum absolute atomic E-state index is 0.207. The molecule has 0 fully saturated rings. The molecular weight excluding hydrogens is 276 g/mol. The number of hydrogen-bond acceptors (Lipinski definition) is 4. The molecule has 0 spiro atoms. The van der Waals surface area contributed by atoms with Gasteiger partial charge in [-0.1, -0.05) is 15.9 Å². The van der Waals surface area contributed by atoms with Gasteiger partial charge in [0.05, 0.1) is 0 Å². The molecule has 76 valence electrons. The highest BCUT2D eigenvalue weighted by Crippen LogP contribution is 2.21. The van der Waals surface area contributed by atoms with Crippen molar-refractivity contribution in [1.29, 1.82) is 0 Å². The van der Waals surface area contributed by atoms with Gasteiger partial charge in [0.25, 0.3) is 0 Å². The first kappa shape index (κ1) is 10.3. The minimum Gasteiger partial charge on any atom is -0.507 e. The summed E-state index contributed by atoms with van der Waals surface area (Å²) in [6.45, 7) is 0. The number of halogens is 1. The maximum absolute atomic E-state index is 9.53. The van der Waals surface area contributed by atoms with Gasteiger partial charge in [-0.2, -0.15) is 0 Å². The van der Waals surface area contributed by atoms with E-state index in [1.54, 1.807) is 30.6 Å². The van der Waals surface area contributed by atoms with Crippen LogP contribution in [0.4, 0.5) is 5.13 Å². The van der Waals surface area contributed by atoms with Gasteiger partial charge in [0, 0.05) is 27.8 Å². The molecule has 3 nitrogen and oxygen atoms in total. The van der Waals surface area contributed by atoms with Crippen molar-refractivity contribution >= 4 is 38.6 Å². The van der Waals surface area contributed by atoms with Gasteiger partial charge in [0.1, 0.15) is 5.75 Å². The number of phenolic OH excluding ortho intramolecular Hbond substituents is 1. The second-order valence-corrected chi connectivity index (χ2v) is 4.56. The zero-order chi connectivity index (χ0) is 10.7. The van der Waals surface area contributed by atoms with Crippen molar-refractivity contribution in [1.82, 2.24) is 4.98 Å². The fourth-order valence-corrected chi connectivity index (χ4v) is 1.89. The van der Waals surface area contributed by atoms with Crippen LogP contribution in [0.2, 0.25) is 0 Å². The zero-order valence-corrected chi connectivity index (χ0v) is 9.99. The first-order chi connectivity index (χ1) is 7.25. The minimum atomic E-state index is 0.207. The summed E-state index contributed by atoms with van der Waals surface area (Å²) in [6.07, 6.45) is 3.29. The van der Waals surface area contributed by atoms with Crippen LogP contribution in [-0.2, 0) is 0 Å². The maximum Gasteiger partial charge on any atom is 0.209 e. The van der Waals surface area contributed by atoms with Gasteiger partial charge >= 0.3 is 0 Å². The highest BCUT2D eigenvalue weighted by molar-refractivity contribution is 9.10. The molecule has 1 N–H and O–H groups in total. The van der Waals surface area contributed by atoms with Crippen LogP contribution in [-0.4, -0.2) is 16.3 Å². The van der Waals surface area contributed by atoms with E-state index >= 15 is 0 Å². The van der Waals surface area contributed by atoms with Crippen LogP contribution in [0, 0.1) is 0 Å². The Balaban J connectivity index is 2.27. The van der Waals surface area contributed by atoms with Crippen LogP contribution < -0.4 is 0 Å². The third-order valence-electron chi connectivity index (χ3n) is 1.72. The van der Waals surface area contributed by atoms with Crippen molar-refractivity contribution in [2.24, 2.45) is 4.99 Å². The average Bonchev–Trinajstić information content (AvgIpc) is 2.72. The Morgan fingerprint density at radius 1 is 1.47 bits per heavy atom. The van der Waals surface area contributed by atoms with Crippen LogP contribution in [0.25, 0.3) is 0 Å². The van der Waals surface area contributed by atoms with Crippen LogP contribution in [0.5, 0.6) is 5.75 Å². The topological polar surface area (TPSA) is 45.5 Å². The van der Waals surface area contributed by atoms with Crippen molar-refractivity contribution in [3.8, 4) is 5.75 Å². The molecule has 1 heterocycles. The molecular formula is C10H7BrN2OS. The predicted octanol–water partition coefficient (Wildman–Crippen LogP) is 3.36. The molecule has 0 amide bonds. The normalized spacial score (nSPS) is 11.0. The lowest BCUT2D eigenvalue weighted by Crippen LogP contribution is -1.81. The van der Waals surface area contributed by atoms with Gasteiger partial charge in [0.15, 0.2) is 0 Å². The van der Waals surface area contributed by atoms with Crippen LogP contribution >= 0.6 is 27.3 Å². The van der Waals surface area contributed by atoms with Crippen molar-refractivity contribution < 1.29 is 5.11 Å². The third kappa shape index (κ3) is 2.64. The summed E-state index contributed by atoms with van der Waals surface area (Å²) in [7, 11) is 0. The summed E-state index contributed by atoms with van der Waals surface area (Å²) >= 11 is 4.78. The van der Waals surface area contributed by atoms with Crippen LogP contribution in [0.1, 0.15) is 5.56 Å². The van der Waals surface area contributed by atoms with Crippen LogP contribution in [0.15, 0.2) is 39.2 Å². The van der Waals surface area contributed by atoms with Crippen molar-refractivity contribution in [3.05, 3.63) is 39.8 Å². The Kier molecular flexibility index (Phi) is 3.13. The number of aromatic nitrogens is 1. The molecule has 0 atom stereocenters. The Morgan fingerprint density at radius 3 is 3.07 bits per heavy atom. The molecule has 0 aliphatic heterocycles. The molecule has 0 aliphatic carbocycles. The average molecular weight is 283 g/mol. The molecule has 0 saturated carbocycles. The molecule has 0 aliphatic rings. The number of hydrogen-bond donors (Lipinski definition) is 1. The van der Waals surface area contributed by atoms with E-state index in [9.17, 15) is 5.11 Å². The van der Waals surface area contributed by atoms with E-state index in [2.05, 4.69) is 25.9 Å². The van der Waals surface area contributed by atoms with Crippen molar-refractivity contribution in [3.63, 3.8) is 0 Å². The standard InChI is InChI=1S/C10H7BrN2OS/c11-8-1-2-9(14)7(5-8)6-13-10-12-3-4-15-10/h1-6,14H/b13-6+. The van der Waals surface area contributed by atoms with Crippen LogP contribution in [0.3, 0.4) is 0 Å². The van der Waals surface area contributed by atoms with E-state index in [-0.39, 0.29) is 5.75 Å². The molecule has 1 aromatic carbocycles. The van der Waals surface area contributed by atoms with Crippen molar-refractivity contribution in [2.75, 3.05) is 0 Å². The second kappa shape index (κ2) is 4.55. The van der Waals surface area contributed by atoms with Crippen molar-refractivity contribution in [2.45, 2.75) is 0 Å². The lowest BCUT2D eigenvalue weighted by atomic mass is 10.2. The Bertz CT molecular complexity index is 482.